The summed E-state index contributed by atoms with van der Waals surface area (Å²) in [5.41, 5.74) is 3.81. The quantitative estimate of drug-likeness (QED) is 0.800. The van der Waals surface area contributed by atoms with Crippen molar-refractivity contribution in [3.05, 3.63) is 48.4 Å². The van der Waals surface area contributed by atoms with E-state index in [2.05, 4.69) is 14.8 Å². The van der Waals surface area contributed by atoms with Gasteiger partial charge in [-0.05, 0) is 17.7 Å². The van der Waals surface area contributed by atoms with Gasteiger partial charge in [0.1, 0.15) is 0 Å². The van der Waals surface area contributed by atoms with E-state index in [9.17, 15) is 8.42 Å². The van der Waals surface area contributed by atoms with Crippen LogP contribution in [0.4, 0.5) is 5.69 Å². The maximum Gasteiger partial charge on any atom is 0.273 e. The molecule has 2 heterocycles. The number of hydrogen-bond donors (Lipinski definition) is 1. The number of nitrogens with one attached hydrogen (secondary N) is 1. The van der Waals surface area contributed by atoms with Crippen LogP contribution in [0.3, 0.4) is 0 Å². The lowest BCUT2D eigenvalue weighted by molar-refractivity contribution is 0.603. The Bertz CT molecular complexity index is 854. The lowest BCUT2D eigenvalue weighted by Crippen LogP contribution is -2.11. The van der Waals surface area contributed by atoms with Crippen molar-refractivity contribution < 1.29 is 8.42 Å². The molecule has 1 aromatic carbocycles. The highest BCUT2D eigenvalue weighted by atomic mass is 32.2. The molecule has 0 fully saturated rings. The number of sulfonamides is 1. The Morgan fingerprint density at radius 3 is 2.76 bits per heavy atom. The van der Waals surface area contributed by atoms with Gasteiger partial charge in [-0.25, -0.2) is 8.42 Å². The molecule has 1 N–H and O–H groups in total. The first-order valence-electron chi connectivity index (χ1n) is 6.05. The summed E-state index contributed by atoms with van der Waals surface area (Å²) in [7, 11) is -1.75. The summed E-state index contributed by atoms with van der Waals surface area (Å²) in [6.45, 7) is 0. The zero-order chi connectivity index (χ0) is 14.9. The van der Waals surface area contributed by atoms with E-state index in [4.69, 9.17) is 0 Å². The number of benzene rings is 1. The SMILES string of the molecule is Cn1cc(-c2cccc(NS(=O)(=O)c3cncs3)c2)cn1. The topological polar surface area (TPSA) is 76.9 Å². The van der Waals surface area contributed by atoms with Gasteiger partial charge in [0, 0.05) is 24.5 Å². The minimum atomic E-state index is -3.58. The van der Waals surface area contributed by atoms with Crippen molar-refractivity contribution in [2.45, 2.75) is 4.21 Å². The molecule has 0 aliphatic heterocycles. The van der Waals surface area contributed by atoms with Gasteiger partial charge in [0.25, 0.3) is 10.0 Å². The van der Waals surface area contributed by atoms with Crippen LogP contribution in [-0.2, 0) is 17.1 Å². The van der Waals surface area contributed by atoms with Gasteiger partial charge >= 0.3 is 0 Å². The number of aromatic nitrogens is 3. The first kappa shape index (κ1) is 13.8. The maximum atomic E-state index is 12.2. The first-order valence-corrected chi connectivity index (χ1v) is 8.41. The number of rotatable bonds is 4. The van der Waals surface area contributed by atoms with Crippen molar-refractivity contribution >= 4 is 27.0 Å². The Kier molecular flexibility index (Phi) is 3.48. The molecule has 0 bridgehead atoms. The fourth-order valence-corrected chi connectivity index (χ4v) is 3.72. The Morgan fingerprint density at radius 1 is 1.24 bits per heavy atom. The molecule has 0 atom stereocenters. The molecular formula is C13H12N4O2S2. The second-order valence-electron chi connectivity index (χ2n) is 4.41. The van der Waals surface area contributed by atoms with Gasteiger partial charge in [0.05, 0.1) is 17.9 Å². The second kappa shape index (κ2) is 5.30. The number of anilines is 1. The molecule has 6 nitrogen and oxygen atoms in total. The zero-order valence-electron chi connectivity index (χ0n) is 11.1. The summed E-state index contributed by atoms with van der Waals surface area (Å²) in [6.07, 6.45) is 4.94. The van der Waals surface area contributed by atoms with Gasteiger partial charge in [-0.15, -0.1) is 11.3 Å². The highest BCUT2D eigenvalue weighted by molar-refractivity contribution is 7.94. The highest BCUT2D eigenvalue weighted by Gasteiger charge is 2.16. The third-order valence-corrected chi connectivity index (χ3v) is 5.48. The zero-order valence-corrected chi connectivity index (χ0v) is 12.7. The van der Waals surface area contributed by atoms with E-state index in [0.29, 0.717) is 5.69 Å². The van der Waals surface area contributed by atoms with Crippen molar-refractivity contribution in [2.24, 2.45) is 7.05 Å². The highest BCUT2D eigenvalue weighted by Crippen LogP contribution is 2.24. The van der Waals surface area contributed by atoms with Crippen LogP contribution in [0.15, 0.2) is 52.6 Å². The van der Waals surface area contributed by atoms with Crippen molar-refractivity contribution in [1.82, 2.24) is 14.8 Å². The van der Waals surface area contributed by atoms with E-state index in [1.54, 1.807) is 29.1 Å². The second-order valence-corrected chi connectivity index (χ2v) is 7.21. The molecule has 0 amide bonds. The van der Waals surface area contributed by atoms with Crippen molar-refractivity contribution in [3.8, 4) is 11.1 Å². The third kappa shape index (κ3) is 2.96. The Morgan fingerprint density at radius 2 is 2.10 bits per heavy atom. The minimum Gasteiger partial charge on any atom is -0.279 e. The fourth-order valence-electron chi connectivity index (χ4n) is 1.87. The summed E-state index contributed by atoms with van der Waals surface area (Å²) >= 11 is 1.08. The standard InChI is InChI=1S/C13H12N4O2S2/c1-17-8-11(6-15-17)10-3-2-4-12(5-10)16-21(18,19)13-7-14-9-20-13/h2-9,16H,1H3. The van der Waals surface area contributed by atoms with Gasteiger partial charge in [0.15, 0.2) is 4.21 Å². The maximum absolute atomic E-state index is 12.2. The van der Waals surface area contributed by atoms with Gasteiger partial charge in [-0.1, -0.05) is 12.1 Å². The molecule has 2 aromatic heterocycles. The Labute approximate surface area is 126 Å². The van der Waals surface area contributed by atoms with Crippen molar-refractivity contribution in [1.29, 1.82) is 0 Å². The van der Waals surface area contributed by atoms with E-state index in [-0.39, 0.29) is 4.21 Å². The first-order chi connectivity index (χ1) is 10.0. The molecular weight excluding hydrogens is 308 g/mol. The molecule has 0 saturated heterocycles. The lowest BCUT2D eigenvalue weighted by Gasteiger charge is -2.07. The molecule has 0 saturated carbocycles. The van der Waals surface area contributed by atoms with Crippen LogP contribution in [0.1, 0.15) is 0 Å². The van der Waals surface area contributed by atoms with Gasteiger partial charge in [-0.2, -0.15) is 5.10 Å². The summed E-state index contributed by atoms with van der Waals surface area (Å²) < 4.78 is 28.8. The van der Waals surface area contributed by atoms with Gasteiger partial charge in [-0.3, -0.25) is 14.4 Å². The molecule has 0 aliphatic rings. The van der Waals surface area contributed by atoms with Crippen LogP contribution < -0.4 is 4.72 Å². The average molecular weight is 320 g/mol. The number of thiazole rings is 1. The Balaban J connectivity index is 1.91. The molecule has 0 unspecified atom stereocenters. The van der Waals surface area contributed by atoms with E-state index >= 15 is 0 Å². The monoisotopic (exact) mass is 320 g/mol. The van der Waals surface area contributed by atoms with Crippen LogP contribution in [-0.4, -0.2) is 23.2 Å². The molecule has 0 aliphatic carbocycles. The average Bonchev–Trinajstić information content (AvgIpc) is 3.09. The lowest BCUT2D eigenvalue weighted by atomic mass is 10.1. The van der Waals surface area contributed by atoms with Crippen LogP contribution in [0.2, 0.25) is 0 Å². The molecule has 0 spiro atoms. The predicted octanol–water partition coefficient (Wildman–Crippen LogP) is 2.34. The molecule has 8 heteroatoms. The van der Waals surface area contributed by atoms with Crippen LogP contribution in [0.25, 0.3) is 11.1 Å². The summed E-state index contributed by atoms with van der Waals surface area (Å²) in [6, 6.07) is 7.18. The molecule has 3 aromatic rings. The van der Waals surface area contributed by atoms with Crippen LogP contribution in [0, 0.1) is 0 Å². The summed E-state index contributed by atoms with van der Waals surface area (Å²) in [5, 5.41) is 4.11. The van der Waals surface area contributed by atoms with Crippen molar-refractivity contribution in [2.75, 3.05) is 4.72 Å². The van der Waals surface area contributed by atoms with Crippen LogP contribution in [0.5, 0.6) is 0 Å². The van der Waals surface area contributed by atoms with E-state index in [1.165, 1.54) is 11.7 Å². The van der Waals surface area contributed by atoms with Crippen LogP contribution >= 0.6 is 11.3 Å². The largest absolute Gasteiger partial charge is 0.279 e. The van der Waals surface area contributed by atoms with E-state index < -0.39 is 10.0 Å². The fraction of sp³-hybridized carbons (Fsp3) is 0.0769. The molecule has 21 heavy (non-hydrogen) atoms. The van der Waals surface area contributed by atoms with E-state index in [0.717, 1.165) is 22.5 Å². The Hall–Kier alpha value is -2.19. The normalized spacial score (nSPS) is 11.5. The number of aryl methyl sites for hydroxylation is 1. The number of nitrogens with zero attached hydrogens (tertiary/aromatic N) is 3. The third-order valence-electron chi connectivity index (χ3n) is 2.83. The summed E-state index contributed by atoms with van der Waals surface area (Å²) in [4.78, 5) is 3.79. The minimum absolute atomic E-state index is 0.189. The van der Waals surface area contributed by atoms with Gasteiger partial charge in [0.2, 0.25) is 0 Å². The molecule has 108 valence electrons. The van der Waals surface area contributed by atoms with Crippen molar-refractivity contribution in [3.63, 3.8) is 0 Å². The van der Waals surface area contributed by atoms with E-state index in [1.807, 2.05) is 19.3 Å². The summed E-state index contributed by atoms with van der Waals surface area (Å²) in [5.74, 6) is 0. The number of hydrogen-bond acceptors (Lipinski definition) is 5. The molecule has 3 rings (SSSR count). The van der Waals surface area contributed by atoms with Gasteiger partial charge < -0.3 is 0 Å². The smallest absolute Gasteiger partial charge is 0.273 e. The predicted molar refractivity (Wildman–Crippen MR) is 81.6 cm³/mol. The molecule has 0 radical (unpaired) electrons.